The minimum atomic E-state index is 0.0348. The first-order chi connectivity index (χ1) is 8.41. The van der Waals surface area contributed by atoms with Crippen LogP contribution < -0.4 is 0 Å². The lowest BCUT2D eigenvalue weighted by atomic mass is 10.5. The number of hydrogen-bond donors (Lipinski definition) is 1. The molecule has 17 heavy (non-hydrogen) atoms. The first-order valence-electron chi connectivity index (χ1n) is 5.41. The summed E-state index contributed by atoms with van der Waals surface area (Å²) in [5.41, 5.74) is 7.99. The number of hydrogen-bond acceptors (Lipinski definition) is 5. The summed E-state index contributed by atoms with van der Waals surface area (Å²) in [6.07, 6.45) is 3.37. The van der Waals surface area contributed by atoms with Crippen molar-refractivity contribution in [2.24, 2.45) is 5.11 Å². The highest BCUT2D eigenvalue weighted by molar-refractivity contribution is 4.80. The standard InChI is InChI=1S/C10H19N3O4/c11-13-12-3-6-16-8-10-17-9-7-15-5-2-1-4-14/h1-2,14H,3-10H2/b2-1+. The Hall–Kier alpha value is -1.11. The van der Waals surface area contributed by atoms with Gasteiger partial charge < -0.3 is 19.3 Å². The van der Waals surface area contributed by atoms with Crippen LogP contribution >= 0.6 is 0 Å². The Bertz CT molecular complexity index is 230. The van der Waals surface area contributed by atoms with Gasteiger partial charge in [0.25, 0.3) is 0 Å². The maximum absolute atomic E-state index is 8.44. The van der Waals surface area contributed by atoms with Crippen LogP contribution in [0.3, 0.4) is 0 Å². The summed E-state index contributed by atoms with van der Waals surface area (Å²) in [4.78, 5) is 2.60. The highest BCUT2D eigenvalue weighted by Gasteiger charge is 1.90. The monoisotopic (exact) mass is 245 g/mol. The summed E-state index contributed by atoms with van der Waals surface area (Å²) in [5.74, 6) is 0. The van der Waals surface area contributed by atoms with Crippen molar-refractivity contribution in [1.82, 2.24) is 0 Å². The van der Waals surface area contributed by atoms with E-state index in [2.05, 4.69) is 10.0 Å². The summed E-state index contributed by atoms with van der Waals surface area (Å²) < 4.78 is 15.5. The summed E-state index contributed by atoms with van der Waals surface area (Å²) in [6, 6.07) is 0. The van der Waals surface area contributed by atoms with E-state index in [9.17, 15) is 0 Å². The molecule has 98 valence electrons. The topological polar surface area (TPSA) is 96.7 Å². The lowest BCUT2D eigenvalue weighted by molar-refractivity contribution is 0.0211. The van der Waals surface area contributed by atoms with Crippen molar-refractivity contribution >= 4 is 0 Å². The number of ether oxygens (including phenoxy) is 3. The van der Waals surface area contributed by atoms with Gasteiger partial charge in [0, 0.05) is 11.5 Å². The van der Waals surface area contributed by atoms with Gasteiger partial charge in [0.1, 0.15) is 0 Å². The third kappa shape index (κ3) is 14.9. The van der Waals surface area contributed by atoms with Gasteiger partial charge in [0.05, 0.1) is 46.2 Å². The molecule has 0 aliphatic heterocycles. The second-order valence-electron chi connectivity index (χ2n) is 2.91. The van der Waals surface area contributed by atoms with E-state index in [4.69, 9.17) is 24.8 Å². The maximum Gasteiger partial charge on any atom is 0.0704 e. The van der Waals surface area contributed by atoms with Crippen LogP contribution in [0, 0.1) is 0 Å². The Morgan fingerprint density at radius 2 is 1.65 bits per heavy atom. The highest BCUT2D eigenvalue weighted by atomic mass is 16.5. The zero-order valence-corrected chi connectivity index (χ0v) is 9.83. The van der Waals surface area contributed by atoms with Gasteiger partial charge in [-0.2, -0.15) is 0 Å². The van der Waals surface area contributed by atoms with Gasteiger partial charge in [-0.3, -0.25) is 0 Å². The van der Waals surface area contributed by atoms with Gasteiger partial charge in [0.15, 0.2) is 0 Å². The van der Waals surface area contributed by atoms with Crippen molar-refractivity contribution in [1.29, 1.82) is 0 Å². The zero-order valence-electron chi connectivity index (χ0n) is 9.83. The minimum absolute atomic E-state index is 0.0348. The van der Waals surface area contributed by atoms with Gasteiger partial charge in [-0.25, -0.2) is 0 Å². The fraction of sp³-hybridized carbons (Fsp3) is 0.800. The predicted molar refractivity (Wildman–Crippen MR) is 62.7 cm³/mol. The molecular formula is C10H19N3O4. The number of rotatable bonds is 12. The Morgan fingerprint density at radius 3 is 2.29 bits per heavy atom. The van der Waals surface area contributed by atoms with E-state index in [0.29, 0.717) is 46.2 Å². The zero-order chi connectivity index (χ0) is 12.6. The summed E-state index contributed by atoms with van der Waals surface area (Å²) in [5, 5.41) is 11.8. The van der Waals surface area contributed by atoms with E-state index in [1.165, 1.54) is 0 Å². The molecule has 1 N–H and O–H groups in total. The van der Waals surface area contributed by atoms with Crippen LogP contribution in [-0.2, 0) is 14.2 Å². The molecule has 0 unspecified atom stereocenters. The molecule has 0 saturated heterocycles. The molecule has 7 nitrogen and oxygen atoms in total. The molecule has 0 amide bonds. The van der Waals surface area contributed by atoms with Crippen molar-refractivity contribution < 1.29 is 19.3 Å². The predicted octanol–water partition coefficient (Wildman–Crippen LogP) is 0.895. The third-order valence-corrected chi connectivity index (χ3v) is 1.63. The van der Waals surface area contributed by atoms with E-state index >= 15 is 0 Å². The molecule has 0 radical (unpaired) electrons. The molecule has 0 bridgehead atoms. The highest BCUT2D eigenvalue weighted by Crippen LogP contribution is 1.83. The van der Waals surface area contributed by atoms with Crippen molar-refractivity contribution in [3.05, 3.63) is 22.6 Å². The fourth-order valence-corrected chi connectivity index (χ4v) is 0.884. The number of aliphatic hydroxyl groups excluding tert-OH is 1. The second kappa shape index (κ2) is 14.9. The Kier molecular flexibility index (Phi) is 13.9. The van der Waals surface area contributed by atoms with E-state index in [0.717, 1.165) is 0 Å². The van der Waals surface area contributed by atoms with Crippen molar-refractivity contribution in [3.63, 3.8) is 0 Å². The van der Waals surface area contributed by atoms with Crippen molar-refractivity contribution in [2.75, 3.05) is 52.8 Å². The van der Waals surface area contributed by atoms with Crippen LogP contribution in [0.5, 0.6) is 0 Å². The van der Waals surface area contributed by atoms with Crippen LogP contribution in [-0.4, -0.2) is 57.9 Å². The molecule has 0 fully saturated rings. The first kappa shape index (κ1) is 15.9. The van der Waals surface area contributed by atoms with Gasteiger partial charge in [-0.05, 0) is 5.53 Å². The van der Waals surface area contributed by atoms with Crippen LogP contribution in [0.1, 0.15) is 0 Å². The molecule has 0 heterocycles. The van der Waals surface area contributed by atoms with Gasteiger partial charge in [0.2, 0.25) is 0 Å². The molecule has 0 rings (SSSR count). The quantitative estimate of drug-likeness (QED) is 0.181. The van der Waals surface area contributed by atoms with E-state index in [1.54, 1.807) is 12.2 Å². The number of nitrogens with zero attached hydrogens (tertiary/aromatic N) is 3. The number of aliphatic hydroxyl groups is 1. The van der Waals surface area contributed by atoms with Gasteiger partial charge in [-0.1, -0.05) is 17.3 Å². The fourth-order valence-electron chi connectivity index (χ4n) is 0.884. The normalized spacial score (nSPS) is 10.6. The average Bonchev–Trinajstić information content (AvgIpc) is 2.35. The largest absolute Gasteiger partial charge is 0.392 e. The molecule has 0 aliphatic carbocycles. The molecule has 0 saturated carbocycles. The molecule has 0 spiro atoms. The Labute approximate surface area is 101 Å². The van der Waals surface area contributed by atoms with Gasteiger partial charge >= 0.3 is 0 Å². The van der Waals surface area contributed by atoms with Crippen LogP contribution in [0.15, 0.2) is 17.3 Å². The molecule has 0 aromatic carbocycles. The van der Waals surface area contributed by atoms with E-state index < -0.39 is 0 Å². The first-order valence-corrected chi connectivity index (χ1v) is 5.41. The van der Waals surface area contributed by atoms with Crippen LogP contribution in [0.25, 0.3) is 10.4 Å². The van der Waals surface area contributed by atoms with Crippen LogP contribution in [0.4, 0.5) is 0 Å². The summed E-state index contributed by atoms with van der Waals surface area (Å²) in [7, 11) is 0. The molecule has 7 heteroatoms. The smallest absolute Gasteiger partial charge is 0.0704 e. The third-order valence-electron chi connectivity index (χ3n) is 1.63. The molecule has 0 aromatic rings. The van der Waals surface area contributed by atoms with Gasteiger partial charge in [-0.15, -0.1) is 0 Å². The second-order valence-corrected chi connectivity index (χ2v) is 2.91. The van der Waals surface area contributed by atoms with Crippen molar-refractivity contribution in [2.45, 2.75) is 0 Å². The maximum atomic E-state index is 8.44. The SMILES string of the molecule is [N-]=[N+]=NCCOCCOCCOC/C=C/CO. The minimum Gasteiger partial charge on any atom is -0.392 e. The van der Waals surface area contributed by atoms with E-state index in [-0.39, 0.29) is 6.61 Å². The Balaban J connectivity index is 2.98. The molecular weight excluding hydrogens is 226 g/mol. The van der Waals surface area contributed by atoms with Crippen molar-refractivity contribution in [3.8, 4) is 0 Å². The summed E-state index contributed by atoms with van der Waals surface area (Å²) >= 11 is 0. The average molecular weight is 245 g/mol. The Morgan fingerprint density at radius 1 is 1.00 bits per heavy atom. The lowest BCUT2D eigenvalue weighted by Crippen LogP contribution is -2.10. The van der Waals surface area contributed by atoms with E-state index in [1.807, 2.05) is 0 Å². The molecule has 0 atom stereocenters. The molecule has 0 aromatic heterocycles. The van der Waals surface area contributed by atoms with Crippen LogP contribution in [0.2, 0.25) is 0 Å². The number of azide groups is 1. The molecule has 0 aliphatic rings. The lowest BCUT2D eigenvalue weighted by Gasteiger charge is -2.04. The summed E-state index contributed by atoms with van der Waals surface area (Å²) in [6.45, 7) is 3.25.